The van der Waals surface area contributed by atoms with Crippen LogP contribution in [-0.4, -0.2) is 67.1 Å². The Hall–Kier alpha value is -5.12. The summed E-state index contributed by atoms with van der Waals surface area (Å²) in [5, 5.41) is 0. The number of methoxy groups -OCH3 is 2. The summed E-state index contributed by atoms with van der Waals surface area (Å²) in [6, 6.07) is 22.2. The smallest absolute Gasteiger partial charge is 0.213 e. The topological polar surface area (TPSA) is 126 Å². The molecule has 0 bridgehead atoms. The van der Waals surface area contributed by atoms with Gasteiger partial charge in [-0.25, -0.2) is 27.0 Å². The number of aldehydes is 1. The predicted octanol–water partition coefficient (Wildman–Crippen LogP) is 6.26. The molecule has 0 heterocycles. The molecule has 10 nitrogen and oxygen atoms in total. The summed E-state index contributed by atoms with van der Waals surface area (Å²) in [6.45, 7) is 3.78. The van der Waals surface area contributed by atoms with Crippen molar-refractivity contribution in [3.05, 3.63) is 119 Å². The lowest BCUT2D eigenvalue weighted by molar-refractivity contribution is -0.107. The number of anilines is 2. The van der Waals surface area contributed by atoms with Crippen molar-refractivity contribution in [2.75, 3.05) is 51.7 Å². The first-order chi connectivity index (χ1) is 24.7. The molecule has 15 heteroatoms. The number of hydrogen-bond acceptors (Lipinski definition) is 9. The number of nitrogens with zero attached hydrogens (tertiary/aromatic N) is 2. The van der Waals surface area contributed by atoms with Gasteiger partial charge in [-0.15, -0.1) is 0 Å². The van der Waals surface area contributed by atoms with Crippen molar-refractivity contribution in [2.24, 2.45) is 5.73 Å². The van der Waals surface area contributed by atoms with Crippen LogP contribution in [0.3, 0.4) is 0 Å². The monoisotopic (exact) mass is 749 g/mol. The summed E-state index contributed by atoms with van der Waals surface area (Å²) < 4.78 is 66.0. The molecule has 2 amide bonds. The molecule has 1 atom stereocenters. The van der Waals surface area contributed by atoms with Crippen LogP contribution in [0.1, 0.15) is 18.1 Å². The molecule has 4 N–H and O–H groups in total. The van der Waals surface area contributed by atoms with Gasteiger partial charge in [0.25, 0.3) is 0 Å². The van der Waals surface area contributed by atoms with Gasteiger partial charge in [0.2, 0.25) is 12.8 Å². The number of nitrogens with one attached hydrogen (secondary N) is 2. The van der Waals surface area contributed by atoms with E-state index < -0.39 is 23.3 Å². The lowest BCUT2D eigenvalue weighted by Crippen LogP contribution is -2.26. The molecule has 0 aromatic heterocycles. The molecular formula is C37H47F4N5O5S. The Morgan fingerprint density at radius 2 is 1.17 bits per heavy atom. The second-order valence-corrected chi connectivity index (χ2v) is 11.4. The van der Waals surface area contributed by atoms with Gasteiger partial charge in [0.15, 0.2) is 0 Å². The Labute approximate surface area is 307 Å². The molecule has 4 rings (SSSR count). The van der Waals surface area contributed by atoms with Crippen molar-refractivity contribution in [3.8, 4) is 11.5 Å². The van der Waals surface area contributed by atoms with E-state index in [-0.39, 0.29) is 19.0 Å². The molecule has 0 aliphatic carbocycles. The van der Waals surface area contributed by atoms with E-state index >= 15 is 0 Å². The summed E-state index contributed by atoms with van der Waals surface area (Å²) in [5.41, 5.74) is 7.41. The highest BCUT2D eigenvalue weighted by atomic mass is 32.2. The van der Waals surface area contributed by atoms with E-state index in [0.717, 1.165) is 42.0 Å². The third-order valence-electron chi connectivity index (χ3n) is 6.20. The van der Waals surface area contributed by atoms with E-state index in [1.165, 1.54) is 47.0 Å². The van der Waals surface area contributed by atoms with Crippen molar-refractivity contribution < 1.29 is 41.4 Å². The van der Waals surface area contributed by atoms with Gasteiger partial charge in [0.05, 0.1) is 20.8 Å². The molecule has 0 radical (unpaired) electrons. The molecule has 0 fully saturated rings. The van der Waals surface area contributed by atoms with Crippen molar-refractivity contribution in [1.82, 2.24) is 9.44 Å². The summed E-state index contributed by atoms with van der Waals surface area (Å²) in [4.78, 5) is 32.5. The normalized spacial score (nSPS) is 10.1. The number of ether oxygens (including phenoxy) is 2. The fraction of sp³-hybridized carbons (Fsp3) is 0.270. The zero-order valence-corrected chi connectivity index (χ0v) is 31.1. The minimum Gasteiger partial charge on any atom is -0.497 e. The van der Waals surface area contributed by atoms with Crippen molar-refractivity contribution in [1.29, 1.82) is 0 Å². The quantitative estimate of drug-likeness (QED) is 0.0666. The fourth-order valence-corrected chi connectivity index (χ4v) is 4.31. The van der Waals surface area contributed by atoms with Crippen LogP contribution in [0.25, 0.3) is 0 Å². The molecule has 0 spiro atoms. The van der Waals surface area contributed by atoms with Crippen LogP contribution in [0.15, 0.2) is 84.9 Å². The Bertz CT molecular complexity index is 1520. The van der Waals surface area contributed by atoms with Crippen molar-refractivity contribution in [3.63, 3.8) is 0 Å². The number of hydrogen-bond donors (Lipinski definition) is 3. The van der Waals surface area contributed by atoms with Crippen LogP contribution < -0.4 is 34.5 Å². The van der Waals surface area contributed by atoms with E-state index in [4.69, 9.17) is 14.3 Å². The number of carbonyl (C=O) groups excluding carboxylic acids is 3. The second kappa shape index (κ2) is 27.6. The number of nitrogens with two attached hydrogens (primary N) is 1. The van der Waals surface area contributed by atoms with Crippen LogP contribution in [0, 0.1) is 30.2 Å². The van der Waals surface area contributed by atoms with Gasteiger partial charge in [-0.1, -0.05) is 0 Å². The first-order valence-corrected chi connectivity index (χ1v) is 16.3. The highest BCUT2D eigenvalue weighted by Crippen LogP contribution is 2.17. The van der Waals surface area contributed by atoms with E-state index in [2.05, 4.69) is 20.1 Å². The van der Waals surface area contributed by atoms with Gasteiger partial charge in [-0.3, -0.25) is 9.59 Å². The molecule has 4 aromatic carbocycles. The number of carbonyl (C=O) groups is 3. The molecule has 1 unspecified atom stereocenters. The molecule has 0 saturated carbocycles. The molecule has 52 heavy (non-hydrogen) atoms. The van der Waals surface area contributed by atoms with Crippen molar-refractivity contribution in [2.45, 2.75) is 26.3 Å². The van der Waals surface area contributed by atoms with Crippen LogP contribution in [-0.2, 0) is 20.8 Å². The first-order valence-electron chi connectivity index (χ1n) is 15.5. The Morgan fingerprint density at radius 3 is 1.54 bits per heavy atom. The minimum absolute atomic E-state index is 0.0281. The standard InChI is InChI=1S/C11H14F2N2OS.C9H11NO2.C9H13NO.C7H6F2.CH3NO/c1-8(15-17-14-2-3-16)4-9-5-10(12)7-11(13)6-9;1-10(7-11)8-3-5-9(12-2)6-4-8;1-10(2)8-4-6-9(11-3)7-5-8;1-5-2-6(8)4-7(9)3-5;2-1-3/h3,5-8,14-15H,2,4H2,1H3;3-7H,1-2H3;4-7H,1-3H3;2-4H,1H3;1H,(H2,2,3). The fourth-order valence-electron chi connectivity index (χ4n) is 3.79. The maximum absolute atomic E-state index is 12.9. The maximum atomic E-state index is 12.9. The van der Waals surface area contributed by atoms with Gasteiger partial charge >= 0.3 is 0 Å². The number of rotatable bonds is 12. The minimum atomic E-state index is -0.570. The number of amides is 2. The van der Waals surface area contributed by atoms with E-state index in [1.54, 1.807) is 28.2 Å². The summed E-state index contributed by atoms with van der Waals surface area (Å²) in [5.74, 6) is -0.494. The highest BCUT2D eigenvalue weighted by Gasteiger charge is 2.06. The van der Waals surface area contributed by atoms with E-state index in [9.17, 15) is 27.2 Å². The van der Waals surface area contributed by atoms with Gasteiger partial charge in [0.1, 0.15) is 41.1 Å². The zero-order chi connectivity index (χ0) is 39.5. The summed E-state index contributed by atoms with van der Waals surface area (Å²) in [7, 11) is 9.02. The van der Waals surface area contributed by atoms with Crippen LogP contribution >= 0.6 is 12.1 Å². The number of primary amides is 1. The molecule has 0 aliphatic heterocycles. The molecule has 0 aliphatic rings. The van der Waals surface area contributed by atoms with Gasteiger partial charge in [0, 0.05) is 62.8 Å². The maximum Gasteiger partial charge on any atom is 0.213 e. The molecular weight excluding hydrogens is 702 g/mol. The Balaban J connectivity index is 0.000000665. The van der Waals surface area contributed by atoms with Gasteiger partial charge in [-0.2, -0.15) is 0 Å². The molecule has 0 saturated heterocycles. The van der Waals surface area contributed by atoms with E-state index in [0.29, 0.717) is 17.5 Å². The Kier molecular flexibility index (Phi) is 24.9. The number of halogens is 4. The largest absolute Gasteiger partial charge is 0.497 e. The Morgan fingerprint density at radius 1 is 0.750 bits per heavy atom. The van der Waals surface area contributed by atoms with Crippen LogP contribution in [0.4, 0.5) is 28.9 Å². The highest BCUT2D eigenvalue weighted by molar-refractivity contribution is 7.95. The SMILES string of the molecule is CC(Cc1cc(F)cc(F)c1)NSNCC=O.COc1ccc(N(C)C)cc1.COc1ccc(N(C)C=O)cc1.Cc1cc(F)cc(F)c1.NC=O. The summed E-state index contributed by atoms with van der Waals surface area (Å²) >= 11 is 1.19. The average Bonchev–Trinajstić information content (AvgIpc) is 3.10. The van der Waals surface area contributed by atoms with E-state index in [1.807, 2.05) is 69.6 Å². The molecule has 4 aromatic rings. The van der Waals surface area contributed by atoms with Crippen LogP contribution in [0.5, 0.6) is 11.5 Å². The number of aryl methyl sites for hydroxylation is 1. The lowest BCUT2D eigenvalue weighted by Gasteiger charge is -2.12. The second-order valence-electron chi connectivity index (χ2n) is 10.7. The van der Waals surface area contributed by atoms with Crippen molar-refractivity contribution >= 4 is 42.6 Å². The van der Waals surface area contributed by atoms with Gasteiger partial charge < -0.3 is 29.8 Å². The average molecular weight is 750 g/mol. The third kappa shape index (κ3) is 21.9. The zero-order valence-electron chi connectivity index (χ0n) is 30.2. The predicted molar refractivity (Wildman–Crippen MR) is 200 cm³/mol. The number of benzene rings is 4. The lowest BCUT2D eigenvalue weighted by atomic mass is 10.1. The molecule has 284 valence electrons. The summed E-state index contributed by atoms with van der Waals surface area (Å²) in [6.07, 6.45) is 2.27. The van der Waals surface area contributed by atoms with Gasteiger partial charge in [-0.05, 0) is 104 Å². The van der Waals surface area contributed by atoms with Crippen LogP contribution in [0.2, 0.25) is 0 Å². The third-order valence-corrected chi connectivity index (χ3v) is 7.03. The first kappa shape index (κ1) is 46.9.